The number of carbonyl (C=O) groups is 1. The number of rotatable bonds is 7. The van der Waals surface area contributed by atoms with E-state index in [1.54, 1.807) is 0 Å². The Morgan fingerprint density at radius 1 is 1.59 bits per heavy atom. The molecule has 98 valence electrons. The maximum Gasteiger partial charge on any atom is 0.408 e. The highest BCUT2D eigenvalue weighted by Gasteiger charge is 2.21. The number of carbonyl (C=O) groups excluding carboxylic acids is 1. The Kier molecular flexibility index (Phi) is 7.40. The first-order valence-corrected chi connectivity index (χ1v) is 5.95. The van der Waals surface area contributed by atoms with E-state index in [4.69, 9.17) is 16.9 Å². The largest absolute Gasteiger partial charge is 0.436 e. The zero-order chi connectivity index (χ0) is 13.3. The fraction of sp³-hybridized carbons (Fsp3) is 0.769. The predicted octanol–water partition coefficient (Wildman–Crippen LogP) is 1.75. The van der Waals surface area contributed by atoms with Crippen LogP contribution < -0.4 is 11.1 Å². The lowest BCUT2D eigenvalue weighted by Gasteiger charge is -2.28. The first-order chi connectivity index (χ1) is 7.91. The third kappa shape index (κ3) is 8.58. The van der Waals surface area contributed by atoms with Crippen molar-refractivity contribution in [1.29, 1.82) is 0 Å². The zero-order valence-electron chi connectivity index (χ0n) is 11.1. The molecule has 0 heterocycles. The van der Waals surface area contributed by atoms with E-state index in [0.717, 1.165) is 12.8 Å². The van der Waals surface area contributed by atoms with Crippen LogP contribution in [0.4, 0.5) is 4.79 Å². The van der Waals surface area contributed by atoms with E-state index >= 15 is 0 Å². The predicted molar refractivity (Wildman–Crippen MR) is 69.4 cm³/mol. The van der Waals surface area contributed by atoms with Gasteiger partial charge in [0.2, 0.25) is 0 Å². The summed E-state index contributed by atoms with van der Waals surface area (Å²) in [5.41, 5.74) is 5.55. The molecule has 0 aromatic carbocycles. The molecule has 1 amide bonds. The van der Waals surface area contributed by atoms with E-state index in [1.165, 1.54) is 0 Å². The van der Waals surface area contributed by atoms with Crippen LogP contribution in [-0.4, -0.2) is 25.8 Å². The molecule has 0 aliphatic rings. The molecule has 3 N–H and O–H groups in total. The van der Waals surface area contributed by atoms with Gasteiger partial charge in [-0.05, 0) is 30.7 Å². The van der Waals surface area contributed by atoms with E-state index in [2.05, 4.69) is 32.0 Å². The average molecular weight is 240 g/mol. The smallest absolute Gasteiger partial charge is 0.408 e. The van der Waals surface area contributed by atoms with E-state index in [9.17, 15) is 4.79 Å². The van der Waals surface area contributed by atoms with Crippen LogP contribution in [0.2, 0.25) is 0 Å². The van der Waals surface area contributed by atoms with E-state index in [1.807, 2.05) is 0 Å². The van der Waals surface area contributed by atoms with Gasteiger partial charge in [0, 0.05) is 6.54 Å². The maximum atomic E-state index is 11.2. The molecule has 0 aliphatic heterocycles. The van der Waals surface area contributed by atoms with Gasteiger partial charge < -0.3 is 15.8 Å². The third-order valence-electron chi connectivity index (χ3n) is 2.56. The molecule has 0 aromatic rings. The van der Waals surface area contributed by atoms with Crippen molar-refractivity contribution in [2.75, 3.05) is 19.7 Å². The van der Waals surface area contributed by atoms with Crippen LogP contribution in [0.5, 0.6) is 0 Å². The molecule has 0 radical (unpaired) electrons. The molecule has 0 aliphatic carbocycles. The van der Waals surface area contributed by atoms with Crippen LogP contribution in [0.15, 0.2) is 0 Å². The summed E-state index contributed by atoms with van der Waals surface area (Å²) in [6.07, 6.45) is 6.55. The van der Waals surface area contributed by atoms with E-state index in [0.29, 0.717) is 19.0 Å². The van der Waals surface area contributed by atoms with Crippen LogP contribution in [0.25, 0.3) is 0 Å². The molecule has 0 rings (SSSR count). The van der Waals surface area contributed by atoms with Gasteiger partial charge in [0.05, 0.1) is 0 Å². The summed E-state index contributed by atoms with van der Waals surface area (Å²) >= 11 is 0. The number of amides is 1. The van der Waals surface area contributed by atoms with Gasteiger partial charge >= 0.3 is 6.09 Å². The Hall–Kier alpha value is -1.21. The third-order valence-corrected chi connectivity index (χ3v) is 2.56. The quantitative estimate of drug-likeness (QED) is 0.666. The van der Waals surface area contributed by atoms with Crippen LogP contribution >= 0.6 is 0 Å². The summed E-state index contributed by atoms with van der Waals surface area (Å²) in [5.74, 6) is 2.80. The Morgan fingerprint density at radius 2 is 2.24 bits per heavy atom. The second-order valence-corrected chi connectivity index (χ2v) is 5.18. The standard InChI is InChI=1S/C13H24N2O2/c1-5-8-17-12(16)15-10-13(3,4)9-11(2)6-7-14/h1,11H,6-10,14H2,2-4H3,(H,15,16). The van der Waals surface area contributed by atoms with Gasteiger partial charge in [-0.25, -0.2) is 4.79 Å². The topological polar surface area (TPSA) is 64.3 Å². The molecule has 4 heteroatoms. The van der Waals surface area contributed by atoms with Gasteiger partial charge in [-0.3, -0.25) is 0 Å². The number of hydrogen-bond acceptors (Lipinski definition) is 3. The summed E-state index contributed by atoms with van der Waals surface area (Å²) in [5, 5.41) is 2.72. The second-order valence-electron chi connectivity index (χ2n) is 5.18. The monoisotopic (exact) mass is 240 g/mol. The molecular formula is C13H24N2O2. The second kappa shape index (κ2) is 7.97. The summed E-state index contributed by atoms with van der Waals surface area (Å²) in [4.78, 5) is 11.2. The number of alkyl carbamates (subject to hydrolysis) is 1. The number of hydrogen-bond donors (Lipinski definition) is 2. The molecule has 4 nitrogen and oxygen atoms in total. The molecule has 1 unspecified atom stereocenters. The molecule has 0 bridgehead atoms. The normalized spacial score (nSPS) is 12.6. The average Bonchev–Trinajstić information content (AvgIpc) is 2.23. The van der Waals surface area contributed by atoms with Crippen molar-refractivity contribution >= 4 is 6.09 Å². The lowest BCUT2D eigenvalue weighted by Crippen LogP contribution is -2.35. The van der Waals surface area contributed by atoms with Crippen molar-refractivity contribution in [2.24, 2.45) is 17.1 Å². The number of nitrogens with one attached hydrogen (secondary N) is 1. The van der Waals surface area contributed by atoms with Gasteiger partial charge in [-0.15, -0.1) is 6.42 Å². The Labute approximate surface area is 104 Å². The molecule has 0 spiro atoms. The van der Waals surface area contributed by atoms with Crippen LogP contribution in [0, 0.1) is 23.7 Å². The van der Waals surface area contributed by atoms with Crippen molar-refractivity contribution in [1.82, 2.24) is 5.32 Å². The fourth-order valence-corrected chi connectivity index (χ4v) is 1.87. The van der Waals surface area contributed by atoms with Gasteiger partial charge in [0.15, 0.2) is 6.61 Å². The summed E-state index contributed by atoms with van der Waals surface area (Å²) < 4.78 is 4.73. The van der Waals surface area contributed by atoms with Crippen molar-refractivity contribution in [3.8, 4) is 12.3 Å². The minimum absolute atomic E-state index is 0.00976. The highest BCUT2D eigenvalue weighted by atomic mass is 16.5. The molecule has 1 atom stereocenters. The highest BCUT2D eigenvalue weighted by Crippen LogP contribution is 2.25. The van der Waals surface area contributed by atoms with Gasteiger partial charge in [0.1, 0.15) is 0 Å². The van der Waals surface area contributed by atoms with Crippen LogP contribution in [0.3, 0.4) is 0 Å². The molecule has 0 saturated carbocycles. The van der Waals surface area contributed by atoms with Crippen LogP contribution in [-0.2, 0) is 4.74 Å². The fourth-order valence-electron chi connectivity index (χ4n) is 1.87. The minimum atomic E-state index is -0.456. The van der Waals surface area contributed by atoms with Crippen molar-refractivity contribution < 1.29 is 9.53 Å². The summed E-state index contributed by atoms with van der Waals surface area (Å²) in [7, 11) is 0. The Morgan fingerprint density at radius 3 is 2.76 bits per heavy atom. The molecule has 0 fully saturated rings. The minimum Gasteiger partial charge on any atom is -0.436 e. The molecule has 0 saturated heterocycles. The number of nitrogens with two attached hydrogens (primary N) is 1. The first-order valence-electron chi connectivity index (χ1n) is 5.95. The lowest BCUT2D eigenvalue weighted by molar-refractivity contribution is 0.152. The zero-order valence-corrected chi connectivity index (χ0v) is 11.1. The summed E-state index contributed by atoms with van der Waals surface area (Å²) in [6, 6.07) is 0. The van der Waals surface area contributed by atoms with E-state index in [-0.39, 0.29) is 12.0 Å². The van der Waals surface area contributed by atoms with E-state index < -0.39 is 6.09 Å². The molecular weight excluding hydrogens is 216 g/mol. The van der Waals surface area contributed by atoms with Crippen molar-refractivity contribution in [3.05, 3.63) is 0 Å². The number of terminal acetylenes is 1. The Balaban J connectivity index is 3.92. The maximum absolute atomic E-state index is 11.2. The first kappa shape index (κ1) is 15.8. The van der Waals surface area contributed by atoms with Crippen LogP contribution in [0.1, 0.15) is 33.6 Å². The highest BCUT2D eigenvalue weighted by molar-refractivity contribution is 5.67. The van der Waals surface area contributed by atoms with Crippen molar-refractivity contribution in [2.45, 2.75) is 33.6 Å². The molecule has 17 heavy (non-hydrogen) atoms. The van der Waals surface area contributed by atoms with Gasteiger partial charge in [0.25, 0.3) is 0 Å². The number of ether oxygens (including phenoxy) is 1. The lowest BCUT2D eigenvalue weighted by atomic mass is 9.82. The molecule has 0 aromatic heterocycles. The summed E-state index contributed by atoms with van der Waals surface area (Å²) in [6.45, 7) is 7.68. The van der Waals surface area contributed by atoms with Gasteiger partial charge in [-0.2, -0.15) is 0 Å². The Bertz CT molecular complexity index is 269. The van der Waals surface area contributed by atoms with Crippen molar-refractivity contribution in [3.63, 3.8) is 0 Å². The van der Waals surface area contributed by atoms with Gasteiger partial charge in [-0.1, -0.05) is 26.7 Å². The SMILES string of the molecule is C#CCOC(=O)NCC(C)(C)CC(C)CCN.